The number of benzene rings is 1. The third-order valence-corrected chi connectivity index (χ3v) is 6.90. The van der Waals surface area contributed by atoms with Gasteiger partial charge in [0.05, 0.1) is 41.6 Å². The molecule has 0 spiro atoms. The SMILES string of the molecule is CCSc1nc(N2CCOCC2)c2cnn(CCNC(=O)c3nc4ccccc4s3)c2n1. The van der Waals surface area contributed by atoms with Crippen molar-refractivity contribution in [1.29, 1.82) is 0 Å². The lowest BCUT2D eigenvalue weighted by atomic mass is 10.3. The molecule has 166 valence electrons. The van der Waals surface area contributed by atoms with Crippen molar-refractivity contribution in [2.45, 2.75) is 18.6 Å². The Labute approximate surface area is 193 Å². The highest BCUT2D eigenvalue weighted by molar-refractivity contribution is 7.99. The van der Waals surface area contributed by atoms with Crippen molar-refractivity contribution >= 4 is 56.1 Å². The number of thioether (sulfide) groups is 1. The summed E-state index contributed by atoms with van der Waals surface area (Å²) in [6.45, 7) is 6.00. The van der Waals surface area contributed by atoms with Crippen LogP contribution < -0.4 is 10.2 Å². The molecule has 32 heavy (non-hydrogen) atoms. The van der Waals surface area contributed by atoms with Gasteiger partial charge in [0.15, 0.2) is 15.8 Å². The molecule has 0 saturated carbocycles. The lowest BCUT2D eigenvalue weighted by Gasteiger charge is -2.28. The predicted molar refractivity (Wildman–Crippen MR) is 127 cm³/mol. The molecule has 1 N–H and O–H groups in total. The number of fused-ring (bicyclic) bond motifs is 2. The molecule has 1 aromatic carbocycles. The molecule has 0 aliphatic carbocycles. The zero-order valence-corrected chi connectivity index (χ0v) is 19.3. The quantitative estimate of drug-likeness (QED) is 0.326. The third kappa shape index (κ3) is 4.27. The molecule has 1 aliphatic heterocycles. The van der Waals surface area contributed by atoms with E-state index < -0.39 is 0 Å². The Kier molecular flexibility index (Phi) is 6.19. The first kappa shape index (κ1) is 21.1. The van der Waals surface area contributed by atoms with Gasteiger partial charge >= 0.3 is 0 Å². The average Bonchev–Trinajstić information content (AvgIpc) is 3.44. The second kappa shape index (κ2) is 9.39. The maximum absolute atomic E-state index is 12.6. The van der Waals surface area contributed by atoms with E-state index in [1.54, 1.807) is 11.8 Å². The Bertz CT molecular complexity index is 1220. The zero-order chi connectivity index (χ0) is 21.9. The molecule has 1 aliphatic rings. The van der Waals surface area contributed by atoms with E-state index in [1.807, 2.05) is 35.1 Å². The number of morpholine rings is 1. The molecular formula is C21H23N7O2S2. The number of carbonyl (C=O) groups excluding carboxylic acids is 1. The monoisotopic (exact) mass is 469 g/mol. The predicted octanol–water partition coefficient (Wildman–Crippen LogP) is 2.81. The number of hydrogen-bond donors (Lipinski definition) is 1. The number of ether oxygens (including phenoxy) is 1. The van der Waals surface area contributed by atoms with Crippen LogP contribution in [0.2, 0.25) is 0 Å². The number of carbonyl (C=O) groups is 1. The van der Waals surface area contributed by atoms with Crippen LogP contribution in [0.1, 0.15) is 16.7 Å². The number of anilines is 1. The normalized spacial score (nSPS) is 14.3. The zero-order valence-electron chi connectivity index (χ0n) is 17.7. The van der Waals surface area contributed by atoms with E-state index in [-0.39, 0.29) is 5.91 Å². The number of nitrogens with zero attached hydrogens (tertiary/aromatic N) is 6. The summed E-state index contributed by atoms with van der Waals surface area (Å²) in [7, 11) is 0. The molecule has 0 bridgehead atoms. The highest BCUT2D eigenvalue weighted by Gasteiger charge is 2.20. The highest BCUT2D eigenvalue weighted by atomic mass is 32.2. The molecule has 11 heteroatoms. The Morgan fingerprint density at radius 2 is 2.06 bits per heavy atom. The van der Waals surface area contributed by atoms with E-state index in [1.165, 1.54) is 11.3 Å². The van der Waals surface area contributed by atoms with Gasteiger partial charge in [-0.25, -0.2) is 19.6 Å². The molecule has 0 unspecified atom stereocenters. The molecule has 0 atom stereocenters. The Hall–Kier alpha value is -2.76. The first-order chi connectivity index (χ1) is 15.7. The van der Waals surface area contributed by atoms with Crippen LogP contribution in [0.25, 0.3) is 21.3 Å². The summed E-state index contributed by atoms with van der Waals surface area (Å²) in [5.74, 6) is 1.62. The average molecular weight is 470 g/mol. The number of aromatic nitrogens is 5. The molecule has 0 radical (unpaired) electrons. The van der Waals surface area contributed by atoms with Gasteiger partial charge in [-0.2, -0.15) is 5.10 Å². The summed E-state index contributed by atoms with van der Waals surface area (Å²) >= 11 is 3.01. The van der Waals surface area contributed by atoms with E-state index in [9.17, 15) is 4.79 Å². The standard InChI is InChI=1S/C21H23N7O2S2/c1-2-31-21-25-17(27-9-11-30-12-10-27)14-13-23-28(18(14)26-21)8-7-22-19(29)20-24-15-5-3-4-6-16(15)32-20/h3-6,13H,2,7-12H2,1H3,(H,22,29). The Balaban J connectivity index is 1.33. The fourth-order valence-corrected chi connectivity index (χ4v) is 5.06. The van der Waals surface area contributed by atoms with Crippen LogP contribution in [0.15, 0.2) is 35.6 Å². The summed E-state index contributed by atoms with van der Waals surface area (Å²) in [5, 5.41) is 9.62. The minimum absolute atomic E-state index is 0.173. The number of rotatable bonds is 7. The number of thiazole rings is 1. The van der Waals surface area contributed by atoms with Crippen molar-refractivity contribution in [1.82, 2.24) is 30.0 Å². The number of hydrogen-bond acceptors (Lipinski definition) is 9. The van der Waals surface area contributed by atoms with Crippen molar-refractivity contribution < 1.29 is 9.53 Å². The first-order valence-corrected chi connectivity index (χ1v) is 12.4. The van der Waals surface area contributed by atoms with Crippen LogP contribution in [0, 0.1) is 0 Å². The van der Waals surface area contributed by atoms with E-state index in [4.69, 9.17) is 14.7 Å². The summed E-state index contributed by atoms with van der Waals surface area (Å²) in [6.07, 6.45) is 1.82. The Morgan fingerprint density at radius 3 is 2.88 bits per heavy atom. The third-order valence-electron chi connectivity index (χ3n) is 5.14. The maximum atomic E-state index is 12.6. The van der Waals surface area contributed by atoms with E-state index in [0.717, 1.165) is 51.1 Å². The van der Waals surface area contributed by atoms with Crippen LogP contribution >= 0.6 is 23.1 Å². The summed E-state index contributed by atoms with van der Waals surface area (Å²) in [4.78, 5) is 28.7. The van der Waals surface area contributed by atoms with Crippen molar-refractivity contribution in [3.05, 3.63) is 35.5 Å². The van der Waals surface area contributed by atoms with Gasteiger partial charge in [0, 0.05) is 19.6 Å². The number of nitrogens with one attached hydrogen (secondary N) is 1. The van der Waals surface area contributed by atoms with Gasteiger partial charge in [-0.15, -0.1) is 11.3 Å². The lowest BCUT2D eigenvalue weighted by Crippen LogP contribution is -2.37. The molecule has 5 rings (SSSR count). The van der Waals surface area contributed by atoms with Crippen LogP contribution in [0.5, 0.6) is 0 Å². The fourth-order valence-electron chi connectivity index (χ4n) is 3.61. The van der Waals surface area contributed by atoms with Gasteiger partial charge in [0.2, 0.25) is 0 Å². The molecule has 4 heterocycles. The van der Waals surface area contributed by atoms with Gasteiger partial charge in [-0.1, -0.05) is 30.8 Å². The Morgan fingerprint density at radius 1 is 1.22 bits per heavy atom. The first-order valence-electron chi connectivity index (χ1n) is 10.6. The fraction of sp³-hybridized carbons (Fsp3) is 0.381. The van der Waals surface area contributed by atoms with Gasteiger partial charge in [-0.3, -0.25) is 4.79 Å². The molecule has 1 saturated heterocycles. The maximum Gasteiger partial charge on any atom is 0.280 e. The van der Waals surface area contributed by atoms with Gasteiger partial charge < -0.3 is 15.0 Å². The van der Waals surface area contributed by atoms with Crippen molar-refractivity contribution in [2.75, 3.05) is 43.5 Å². The van der Waals surface area contributed by atoms with E-state index in [2.05, 4.69) is 27.2 Å². The molecule has 1 fully saturated rings. The lowest BCUT2D eigenvalue weighted by molar-refractivity contribution is 0.0952. The largest absolute Gasteiger partial charge is 0.378 e. The minimum atomic E-state index is -0.173. The van der Waals surface area contributed by atoms with E-state index >= 15 is 0 Å². The van der Waals surface area contributed by atoms with Crippen molar-refractivity contribution in [3.63, 3.8) is 0 Å². The molecule has 9 nitrogen and oxygen atoms in total. The van der Waals surface area contributed by atoms with Crippen molar-refractivity contribution in [3.8, 4) is 0 Å². The molecule has 3 aromatic heterocycles. The van der Waals surface area contributed by atoms with Crippen LogP contribution in [-0.2, 0) is 11.3 Å². The summed E-state index contributed by atoms with van der Waals surface area (Å²) < 4.78 is 8.33. The van der Waals surface area contributed by atoms with Crippen LogP contribution in [0.3, 0.4) is 0 Å². The second-order valence-electron chi connectivity index (χ2n) is 7.21. The van der Waals surface area contributed by atoms with Crippen LogP contribution in [0.4, 0.5) is 5.82 Å². The smallest absolute Gasteiger partial charge is 0.280 e. The topological polar surface area (TPSA) is 98.1 Å². The van der Waals surface area contributed by atoms with Crippen molar-refractivity contribution in [2.24, 2.45) is 0 Å². The number of amides is 1. The summed E-state index contributed by atoms with van der Waals surface area (Å²) in [5.41, 5.74) is 1.63. The highest BCUT2D eigenvalue weighted by Crippen LogP contribution is 2.27. The van der Waals surface area contributed by atoms with Gasteiger partial charge in [-0.05, 0) is 17.9 Å². The second-order valence-corrected chi connectivity index (χ2v) is 9.47. The van der Waals surface area contributed by atoms with Gasteiger partial charge in [0.1, 0.15) is 5.82 Å². The molecule has 4 aromatic rings. The summed E-state index contributed by atoms with van der Waals surface area (Å²) in [6, 6.07) is 7.75. The molecule has 1 amide bonds. The van der Waals surface area contributed by atoms with Crippen LogP contribution in [-0.4, -0.2) is 69.2 Å². The van der Waals surface area contributed by atoms with E-state index in [0.29, 0.717) is 31.3 Å². The molecular weight excluding hydrogens is 446 g/mol. The van der Waals surface area contributed by atoms with Gasteiger partial charge in [0.25, 0.3) is 5.91 Å². The minimum Gasteiger partial charge on any atom is -0.378 e. The number of para-hydroxylation sites is 1.